The van der Waals surface area contributed by atoms with Crippen LogP contribution in [0.25, 0.3) is 0 Å². The predicted octanol–water partition coefficient (Wildman–Crippen LogP) is 1.05. The first-order chi connectivity index (χ1) is 12.3. The molecule has 7 nitrogen and oxygen atoms in total. The van der Waals surface area contributed by atoms with Crippen LogP contribution in [0.5, 0.6) is 0 Å². The maximum atomic E-state index is 6.06. The standard InChI is InChI=1S/C18H32BN5O2/c1-17(2)18(3,4)26-19(25-17)13-11-22-16(23-12-13)24-15-8-6-5-7-14(15)21-10-9-20/h11-12,14-15,21H,5-10,20H2,1-4H3,(H,22,23,24)/t14-,15+/m0/s1. The second-order valence-electron chi connectivity index (χ2n) is 8.31. The lowest BCUT2D eigenvalue weighted by atomic mass is 9.81. The molecule has 0 spiro atoms. The molecule has 0 radical (unpaired) electrons. The van der Waals surface area contributed by atoms with Gasteiger partial charge in [-0.05, 0) is 40.5 Å². The van der Waals surface area contributed by atoms with E-state index in [0.29, 0.717) is 24.6 Å². The highest BCUT2D eigenvalue weighted by molar-refractivity contribution is 6.61. The Labute approximate surface area is 157 Å². The van der Waals surface area contributed by atoms with E-state index < -0.39 is 7.12 Å². The van der Waals surface area contributed by atoms with E-state index in [1.807, 2.05) is 27.7 Å². The molecule has 2 atom stereocenters. The van der Waals surface area contributed by atoms with Gasteiger partial charge in [-0.2, -0.15) is 0 Å². The minimum atomic E-state index is -0.428. The molecular weight excluding hydrogens is 329 g/mol. The zero-order valence-corrected chi connectivity index (χ0v) is 16.4. The lowest BCUT2D eigenvalue weighted by Gasteiger charge is -2.32. The number of rotatable bonds is 6. The van der Waals surface area contributed by atoms with Gasteiger partial charge in [0.25, 0.3) is 0 Å². The van der Waals surface area contributed by atoms with E-state index in [1.165, 1.54) is 12.8 Å². The van der Waals surface area contributed by atoms with E-state index in [1.54, 1.807) is 12.4 Å². The Hall–Kier alpha value is -1.22. The fraction of sp³-hybridized carbons (Fsp3) is 0.778. The van der Waals surface area contributed by atoms with Crippen molar-refractivity contribution in [1.29, 1.82) is 0 Å². The van der Waals surface area contributed by atoms with Crippen molar-refractivity contribution >= 4 is 18.5 Å². The molecular formula is C18H32BN5O2. The fourth-order valence-corrected chi connectivity index (χ4v) is 3.50. The molecule has 0 unspecified atom stereocenters. The van der Waals surface area contributed by atoms with Crippen molar-refractivity contribution < 1.29 is 9.31 Å². The number of nitrogens with one attached hydrogen (secondary N) is 2. The maximum Gasteiger partial charge on any atom is 0.498 e. The first-order valence-corrected chi connectivity index (χ1v) is 9.70. The Morgan fingerprint density at radius 2 is 1.65 bits per heavy atom. The van der Waals surface area contributed by atoms with Crippen LogP contribution in [0.1, 0.15) is 53.4 Å². The quantitative estimate of drug-likeness (QED) is 0.652. The first-order valence-electron chi connectivity index (χ1n) is 9.70. The Morgan fingerprint density at radius 1 is 1.08 bits per heavy atom. The molecule has 26 heavy (non-hydrogen) atoms. The minimum Gasteiger partial charge on any atom is -0.399 e. The number of hydrogen-bond acceptors (Lipinski definition) is 7. The van der Waals surface area contributed by atoms with Gasteiger partial charge < -0.3 is 25.7 Å². The second-order valence-corrected chi connectivity index (χ2v) is 8.31. The zero-order chi connectivity index (χ0) is 18.8. The number of nitrogens with two attached hydrogens (primary N) is 1. The highest BCUT2D eigenvalue weighted by Gasteiger charge is 2.51. The summed E-state index contributed by atoms with van der Waals surface area (Å²) in [5.74, 6) is 0.650. The normalized spacial score (nSPS) is 27.5. The van der Waals surface area contributed by atoms with Crippen LogP contribution in [-0.2, 0) is 9.31 Å². The molecule has 0 amide bonds. The van der Waals surface area contributed by atoms with Gasteiger partial charge in [0.1, 0.15) is 0 Å². The first kappa shape index (κ1) is 19.5. The van der Waals surface area contributed by atoms with Crippen LogP contribution in [0.2, 0.25) is 0 Å². The van der Waals surface area contributed by atoms with E-state index in [-0.39, 0.29) is 11.2 Å². The van der Waals surface area contributed by atoms with Crippen LogP contribution in [0.4, 0.5) is 5.95 Å². The van der Waals surface area contributed by atoms with E-state index in [0.717, 1.165) is 24.8 Å². The number of aromatic nitrogens is 2. The number of hydrogen-bond donors (Lipinski definition) is 3. The summed E-state index contributed by atoms with van der Waals surface area (Å²) < 4.78 is 12.1. The van der Waals surface area contributed by atoms with E-state index in [4.69, 9.17) is 15.0 Å². The summed E-state index contributed by atoms with van der Waals surface area (Å²) >= 11 is 0. The van der Waals surface area contributed by atoms with E-state index >= 15 is 0 Å². The van der Waals surface area contributed by atoms with Crippen LogP contribution in [0.3, 0.4) is 0 Å². The molecule has 1 saturated carbocycles. The molecule has 1 aliphatic heterocycles. The average molecular weight is 361 g/mol. The predicted molar refractivity (Wildman–Crippen MR) is 104 cm³/mol. The number of nitrogens with zero attached hydrogens (tertiary/aromatic N) is 2. The van der Waals surface area contributed by atoms with Crippen molar-refractivity contribution in [2.45, 2.75) is 76.7 Å². The third-order valence-electron chi connectivity index (χ3n) is 5.83. The molecule has 144 valence electrons. The smallest absolute Gasteiger partial charge is 0.399 e. The van der Waals surface area contributed by atoms with Crippen LogP contribution in [-0.4, -0.2) is 53.5 Å². The van der Waals surface area contributed by atoms with Crippen LogP contribution >= 0.6 is 0 Å². The van der Waals surface area contributed by atoms with Crippen molar-refractivity contribution in [3.8, 4) is 0 Å². The summed E-state index contributed by atoms with van der Waals surface area (Å²) in [6, 6.07) is 0.747. The molecule has 3 rings (SSSR count). The average Bonchev–Trinajstić information content (AvgIpc) is 2.82. The van der Waals surface area contributed by atoms with Gasteiger partial charge in [-0.25, -0.2) is 9.97 Å². The van der Waals surface area contributed by atoms with E-state index in [9.17, 15) is 0 Å². The van der Waals surface area contributed by atoms with Gasteiger partial charge in [-0.1, -0.05) is 12.8 Å². The second kappa shape index (κ2) is 7.80. The van der Waals surface area contributed by atoms with Gasteiger partial charge in [-0.3, -0.25) is 0 Å². The summed E-state index contributed by atoms with van der Waals surface area (Å²) in [5.41, 5.74) is 5.75. The molecule has 2 heterocycles. The summed E-state index contributed by atoms with van der Waals surface area (Å²) in [4.78, 5) is 8.99. The summed E-state index contributed by atoms with van der Waals surface area (Å²) in [6.07, 6.45) is 8.34. The topological polar surface area (TPSA) is 94.3 Å². The minimum absolute atomic E-state index is 0.331. The van der Waals surface area contributed by atoms with Crippen molar-refractivity contribution in [3.63, 3.8) is 0 Å². The van der Waals surface area contributed by atoms with Gasteiger partial charge in [0, 0.05) is 43.0 Å². The van der Waals surface area contributed by atoms with Gasteiger partial charge in [0.15, 0.2) is 0 Å². The molecule has 0 bridgehead atoms. The molecule has 2 fully saturated rings. The Bertz CT molecular complexity index is 580. The van der Waals surface area contributed by atoms with Crippen molar-refractivity contribution in [2.75, 3.05) is 18.4 Å². The fourth-order valence-electron chi connectivity index (χ4n) is 3.50. The van der Waals surface area contributed by atoms with Gasteiger partial charge in [0.2, 0.25) is 5.95 Å². The third-order valence-corrected chi connectivity index (χ3v) is 5.83. The summed E-state index contributed by atoms with van der Waals surface area (Å²) in [6.45, 7) is 9.67. The molecule has 1 saturated heterocycles. The maximum absolute atomic E-state index is 6.06. The van der Waals surface area contributed by atoms with Crippen molar-refractivity contribution in [1.82, 2.24) is 15.3 Å². The lowest BCUT2D eigenvalue weighted by molar-refractivity contribution is 0.00578. The summed E-state index contributed by atoms with van der Waals surface area (Å²) in [7, 11) is -0.428. The van der Waals surface area contributed by atoms with Crippen LogP contribution < -0.4 is 21.8 Å². The van der Waals surface area contributed by atoms with Crippen LogP contribution in [0.15, 0.2) is 12.4 Å². The lowest BCUT2D eigenvalue weighted by Crippen LogP contribution is -2.48. The number of anilines is 1. The van der Waals surface area contributed by atoms with Crippen LogP contribution in [0, 0.1) is 0 Å². The van der Waals surface area contributed by atoms with Gasteiger partial charge in [0.05, 0.1) is 11.2 Å². The molecule has 2 aliphatic rings. The van der Waals surface area contributed by atoms with E-state index in [2.05, 4.69) is 20.6 Å². The molecule has 8 heteroatoms. The Morgan fingerprint density at radius 3 is 2.23 bits per heavy atom. The van der Waals surface area contributed by atoms with Gasteiger partial charge in [-0.15, -0.1) is 0 Å². The largest absolute Gasteiger partial charge is 0.498 e. The molecule has 4 N–H and O–H groups in total. The zero-order valence-electron chi connectivity index (χ0n) is 16.4. The Kier molecular flexibility index (Phi) is 5.86. The molecule has 0 aromatic carbocycles. The monoisotopic (exact) mass is 361 g/mol. The SMILES string of the molecule is CC1(C)OB(c2cnc(N[C@@H]3CCCC[C@@H]3NCCN)nc2)OC1(C)C. The Balaban J connectivity index is 1.63. The van der Waals surface area contributed by atoms with Gasteiger partial charge >= 0.3 is 7.12 Å². The molecule has 1 aliphatic carbocycles. The van der Waals surface area contributed by atoms with Crippen molar-refractivity contribution in [2.24, 2.45) is 5.73 Å². The third kappa shape index (κ3) is 4.19. The highest BCUT2D eigenvalue weighted by atomic mass is 16.7. The molecule has 1 aromatic heterocycles. The highest BCUT2D eigenvalue weighted by Crippen LogP contribution is 2.36. The molecule has 1 aromatic rings. The van der Waals surface area contributed by atoms with Crippen molar-refractivity contribution in [3.05, 3.63) is 12.4 Å². The summed E-state index contributed by atoms with van der Waals surface area (Å²) in [5, 5.41) is 7.02.